The van der Waals surface area contributed by atoms with Gasteiger partial charge in [0, 0.05) is 22.3 Å². The van der Waals surface area contributed by atoms with Crippen LogP contribution < -0.4 is 0 Å². The molecule has 0 bridgehead atoms. The van der Waals surface area contributed by atoms with Crippen LogP contribution in [0.3, 0.4) is 0 Å². The number of rotatable bonds is 5. The number of hydrogen-bond acceptors (Lipinski definition) is 6. The van der Waals surface area contributed by atoms with Crippen molar-refractivity contribution in [3.8, 4) is 21.7 Å². The molecule has 5 nitrogen and oxygen atoms in total. The summed E-state index contributed by atoms with van der Waals surface area (Å²) in [7, 11) is 0. The first-order chi connectivity index (χ1) is 16.5. The van der Waals surface area contributed by atoms with Gasteiger partial charge in [-0.25, -0.2) is 9.97 Å². The fourth-order valence-corrected chi connectivity index (χ4v) is 4.83. The van der Waals surface area contributed by atoms with Gasteiger partial charge in [-0.05, 0) is 81.6 Å². The van der Waals surface area contributed by atoms with Gasteiger partial charge < -0.3 is 9.84 Å². The van der Waals surface area contributed by atoms with Gasteiger partial charge in [-0.15, -0.1) is 11.3 Å². The second-order valence-corrected chi connectivity index (χ2v) is 10.8. The van der Waals surface area contributed by atoms with E-state index in [1.54, 1.807) is 44.4 Å². The maximum absolute atomic E-state index is 12.3. The van der Waals surface area contributed by atoms with Crippen molar-refractivity contribution < 1.29 is 14.6 Å². The van der Waals surface area contributed by atoms with Gasteiger partial charge in [-0.3, -0.25) is 4.79 Å². The number of aromatic nitrogens is 2. The summed E-state index contributed by atoms with van der Waals surface area (Å²) in [5.41, 5.74) is 5.17. The molecule has 184 valence electrons. The Morgan fingerprint density at radius 2 is 1.74 bits per heavy atom. The molecule has 0 aliphatic rings. The summed E-state index contributed by atoms with van der Waals surface area (Å²) in [4.78, 5) is 21.2. The topological polar surface area (TPSA) is 72.3 Å². The molecule has 0 unspecified atom stereocenters. The Hall–Kier alpha value is -2.51. The van der Waals surface area contributed by atoms with Crippen LogP contribution in [0.25, 0.3) is 31.9 Å². The van der Waals surface area contributed by atoms with Crippen LogP contribution in [0.4, 0.5) is 0 Å². The third-order valence-electron chi connectivity index (χ3n) is 4.74. The number of aryl methyl sites for hydroxylation is 1. The molecule has 4 aromatic rings. The smallest absolute Gasteiger partial charge is 0.310 e. The van der Waals surface area contributed by atoms with Crippen molar-refractivity contribution in [3.63, 3.8) is 0 Å². The van der Waals surface area contributed by atoms with Crippen molar-refractivity contribution in [2.75, 3.05) is 6.61 Å². The van der Waals surface area contributed by atoms with Crippen LogP contribution in [0.15, 0.2) is 48.7 Å². The second kappa shape index (κ2) is 11.5. The number of thiazole rings is 1. The lowest BCUT2D eigenvalue weighted by atomic mass is 9.93. The fourth-order valence-electron chi connectivity index (χ4n) is 3.40. The molecule has 8 heteroatoms. The molecular weight excluding hydrogens is 503 g/mol. The summed E-state index contributed by atoms with van der Waals surface area (Å²) in [6, 6.07) is 13.3. The Kier molecular flexibility index (Phi) is 8.89. The third-order valence-corrected chi connectivity index (χ3v) is 6.34. The highest BCUT2D eigenvalue weighted by Gasteiger charge is 2.20. The Morgan fingerprint density at radius 1 is 1.09 bits per heavy atom. The Bertz CT molecular complexity index is 1320. The number of nitrogens with zero attached hydrogens (tertiary/aromatic N) is 2. The SMILES string of the molecule is CC(C)(C)O.CCOC(=O)Cc1c(C)cc2nc(-c3ccnc(Cl)c3)sc2c1-c1ccc(Cl)cc1. The van der Waals surface area contributed by atoms with Crippen LogP contribution >= 0.6 is 34.5 Å². The minimum absolute atomic E-state index is 0.196. The van der Waals surface area contributed by atoms with E-state index in [2.05, 4.69) is 4.98 Å². The number of carbonyl (C=O) groups is 1. The van der Waals surface area contributed by atoms with Crippen molar-refractivity contribution in [2.24, 2.45) is 0 Å². The Balaban J connectivity index is 0.000000623. The zero-order valence-corrected chi connectivity index (χ0v) is 22.7. The van der Waals surface area contributed by atoms with Gasteiger partial charge in [0.1, 0.15) is 10.2 Å². The molecule has 2 aromatic carbocycles. The molecule has 35 heavy (non-hydrogen) atoms. The number of halogens is 2. The quantitative estimate of drug-likeness (QED) is 0.213. The van der Waals surface area contributed by atoms with Crippen molar-refractivity contribution in [1.82, 2.24) is 9.97 Å². The Morgan fingerprint density at radius 3 is 2.34 bits per heavy atom. The van der Waals surface area contributed by atoms with Gasteiger partial charge in [-0.1, -0.05) is 35.3 Å². The lowest BCUT2D eigenvalue weighted by Crippen LogP contribution is -2.10. The van der Waals surface area contributed by atoms with E-state index in [4.69, 9.17) is 38.0 Å². The van der Waals surface area contributed by atoms with Crippen LogP contribution in [-0.2, 0) is 16.0 Å². The maximum Gasteiger partial charge on any atom is 0.310 e. The summed E-state index contributed by atoms with van der Waals surface area (Å²) >= 11 is 13.8. The van der Waals surface area contributed by atoms with E-state index < -0.39 is 5.60 Å². The van der Waals surface area contributed by atoms with Gasteiger partial charge in [0.15, 0.2) is 0 Å². The standard InChI is InChI=1S/C23H18Cl2N2O2S.C4H10O/c1-3-29-20(28)12-17-13(2)10-18-22(21(17)14-4-6-16(24)7-5-14)30-23(27-18)15-8-9-26-19(25)11-15;1-4(2,3)5/h4-11H,3,12H2,1-2H3;5H,1-3H3. The van der Waals surface area contributed by atoms with E-state index in [1.165, 1.54) is 0 Å². The summed E-state index contributed by atoms with van der Waals surface area (Å²) in [5.74, 6) is -0.249. The lowest BCUT2D eigenvalue weighted by Gasteiger charge is -2.14. The van der Waals surface area contributed by atoms with Crippen LogP contribution in [0, 0.1) is 6.92 Å². The number of carbonyl (C=O) groups excluding carboxylic acids is 1. The molecule has 0 saturated carbocycles. The summed E-state index contributed by atoms with van der Waals surface area (Å²) in [6.45, 7) is 9.38. The molecular formula is C27H28Cl2N2O3S. The summed E-state index contributed by atoms with van der Waals surface area (Å²) in [5, 5.41) is 10.4. The van der Waals surface area contributed by atoms with E-state index >= 15 is 0 Å². The summed E-state index contributed by atoms with van der Waals surface area (Å²) < 4.78 is 6.22. The van der Waals surface area contributed by atoms with E-state index in [-0.39, 0.29) is 12.4 Å². The number of pyridine rings is 1. The molecule has 0 radical (unpaired) electrons. The molecule has 4 rings (SSSR count). The van der Waals surface area contributed by atoms with Crippen LogP contribution in [0.1, 0.15) is 38.8 Å². The largest absolute Gasteiger partial charge is 0.466 e. The van der Waals surface area contributed by atoms with Crippen molar-refractivity contribution in [3.05, 3.63) is 70.0 Å². The predicted molar refractivity (Wildman–Crippen MR) is 145 cm³/mol. The summed E-state index contributed by atoms with van der Waals surface area (Å²) in [6.07, 6.45) is 1.86. The number of esters is 1. The highest BCUT2D eigenvalue weighted by Crippen LogP contribution is 2.41. The first kappa shape index (κ1) is 27.1. The number of benzene rings is 2. The zero-order chi connectivity index (χ0) is 25.8. The number of fused-ring (bicyclic) bond motifs is 1. The van der Waals surface area contributed by atoms with Crippen molar-refractivity contribution >= 4 is 50.7 Å². The molecule has 2 heterocycles. The first-order valence-corrected chi connectivity index (χ1v) is 12.7. The number of hydrogen-bond donors (Lipinski definition) is 1. The molecule has 0 spiro atoms. The average molecular weight is 532 g/mol. The third kappa shape index (κ3) is 7.48. The molecule has 0 aliphatic heterocycles. The molecule has 0 saturated heterocycles. The minimum Gasteiger partial charge on any atom is -0.466 e. The van der Waals surface area contributed by atoms with Crippen LogP contribution in [0.5, 0.6) is 0 Å². The Labute approximate surface area is 219 Å². The predicted octanol–water partition coefficient (Wildman–Crippen LogP) is 7.52. The molecule has 0 amide bonds. The normalized spacial score (nSPS) is 11.2. The molecule has 1 N–H and O–H groups in total. The molecule has 2 aromatic heterocycles. The van der Waals surface area contributed by atoms with Gasteiger partial charge in [0.05, 0.1) is 28.8 Å². The van der Waals surface area contributed by atoms with Gasteiger partial charge in [0.2, 0.25) is 0 Å². The van der Waals surface area contributed by atoms with Crippen molar-refractivity contribution in [2.45, 2.75) is 46.6 Å². The molecule has 0 atom stereocenters. The lowest BCUT2D eigenvalue weighted by molar-refractivity contribution is -0.142. The molecule has 0 fully saturated rings. The van der Waals surface area contributed by atoms with E-state index in [9.17, 15) is 4.79 Å². The monoisotopic (exact) mass is 530 g/mol. The molecule has 0 aliphatic carbocycles. The van der Waals surface area contributed by atoms with Gasteiger partial charge in [-0.2, -0.15) is 0 Å². The van der Waals surface area contributed by atoms with Gasteiger partial charge >= 0.3 is 5.97 Å². The van der Waals surface area contributed by atoms with E-state index in [0.717, 1.165) is 43.0 Å². The van der Waals surface area contributed by atoms with Gasteiger partial charge in [0.25, 0.3) is 0 Å². The van der Waals surface area contributed by atoms with E-state index in [0.29, 0.717) is 16.8 Å². The van der Waals surface area contributed by atoms with Crippen LogP contribution in [0.2, 0.25) is 10.2 Å². The maximum atomic E-state index is 12.3. The zero-order valence-electron chi connectivity index (χ0n) is 20.4. The fraction of sp³-hybridized carbons (Fsp3) is 0.296. The average Bonchev–Trinajstić information content (AvgIpc) is 3.17. The van der Waals surface area contributed by atoms with Crippen LogP contribution in [-0.4, -0.2) is 33.3 Å². The van der Waals surface area contributed by atoms with Crippen molar-refractivity contribution in [1.29, 1.82) is 0 Å². The number of aliphatic hydroxyl groups is 1. The highest BCUT2D eigenvalue weighted by atomic mass is 35.5. The minimum atomic E-state index is -0.500. The number of ether oxygens (including phenoxy) is 1. The van der Waals surface area contributed by atoms with E-state index in [1.807, 2.05) is 50.2 Å². The second-order valence-electron chi connectivity index (χ2n) is 8.94. The first-order valence-electron chi connectivity index (χ1n) is 11.1. The highest BCUT2D eigenvalue weighted by molar-refractivity contribution is 7.22.